The molecule has 0 atom stereocenters. The van der Waals surface area contributed by atoms with Gasteiger partial charge in [-0.3, -0.25) is 4.79 Å². The van der Waals surface area contributed by atoms with E-state index in [-0.39, 0.29) is 11.4 Å². The highest BCUT2D eigenvalue weighted by atomic mass is 16.2. The van der Waals surface area contributed by atoms with Gasteiger partial charge in [0.15, 0.2) is 11.2 Å². The third-order valence-corrected chi connectivity index (χ3v) is 6.47. The van der Waals surface area contributed by atoms with E-state index < -0.39 is 0 Å². The van der Waals surface area contributed by atoms with Crippen LogP contribution in [0.4, 0.5) is 11.4 Å². The minimum absolute atomic E-state index is 0.193. The lowest BCUT2D eigenvalue weighted by atomic mass is 10.0. The summed E-state index contributed by atoms with van der Waals surface area (Å²) >= 11 is 0. The Balaban J connectivity index is 1.87. The smallest absolute Gasteiger partial charge is 0.285 e. The zero-order valence-corrected chi connectivity index (χ0v) is 15.8. The maximum atomic E-state index is 13.3. The molecule has 1 aromatic rings. The van der Waals surface area contributed by atoms with Gasteiger partial charge in [0, 0.05) is 18.5 Å². The first-order chi connectivity index (χ1) is 12.0. The number of likely N-dealkylation sites (N-methyl/N-ethyl adjacent to an activating group) is 1. The number of nitrogens with one attached hydrogen (secondary N) is 1. The van der Waals surface area contributed by atoms with E-state index in [4.69, 9.17) is 6.57 Å². The molecule has 1 N–H and O–H groups in total. The van der Waals surface area contributed by atoms with Gasteiger partial charge in [-0.1, -0.05) is 12.1 Å². The molecule has 0 aromatic heterocycles. The summed E-state index contributed by atoms with van der Waals surface area (Å²) in [6.07, 6.45) is 7.08. The van der Waals surface area contributed by atoms with Crippen LogP contribution in [0.1, 0.15) is 56.6 Å². The van der Waals surface area contributed by atoms with Crippen LogP contribution in [-0.2, 0) is 4.79 Å². The van der Waals surface area contributed by atoms with E-state index in [1.165, 1.54) is 25.7 Å². The molecule has 1 heterocycles. The monoisotopic (exact) mass is 340 g/mol. The first kappa shape index (κ1) is 17.9. The molecule has 4 nitrogen and oxygen atoms in total. The van der Waals surface area contributed by atoms with E-state index in [9.17, 15) is 4.79 Å². The topological polar surface area (TPSA) is 33.5 Å². The highest BCUT2D eigenvalue weighted by molar-refractivity contribution is 6.00. The Morgan fingerprint density at radius 1 is 1.16 bits per heavy atom. The van der Waals surface area contributed by atoms with Crippen molar-refractivity contribution >= 4 is 17.3 Å². The SMILES string of the molecule is [C-]#[N+]c1cc(C)c(NC(=O)C2([N+]3(CC)CCCCCC3)CC2)c(C)c1. The fraction of sp³-hybridized carbons (Fsp3) is 0.619. The Bertz CT molecular complexity index is 681. The highest BCUT2D eigenvalue weighted by Crippen LogP contribution is 2.49. The first-order valence-corrected chi connectivity index (χ1v) is 9.64. The van der Waals surface area contributed by atoms with Crippen molar-refractivity contribution < 1.29 is 9.28 Å². The Hall–Kier alpha value is -1.86. The van der Waals surface area contributed by atoms with Crippen LogP contribution in [0.25, 0.3) is 4.85 Å². The lowest BCUT2D eigenvalue weighted by Gasteiger charge is -2.43. The fourth-order valence-corrected chi connectivity index (χ4v) is 4.81. The van der Waals surface area contributed by atoms with E-state index in [0.29, 0.717) is 5.69 Å². The van der Waals surface area contributed by atoms with Crippen LogP contribution in [0.5, 0.6) is 0 Å². The van der Waals surface area contributed by atoms with Gasteiger partial charge in [-0.2, -0.15) is 0 Å². The number of amides is 1. The molecule has 1 amide bonds. The van der Waals surface area contributed by atoms with Gasteiger partial charge in [0.25, 0.3) is 5.91 Å². The van der Waals surface area contributed by atoms with Crippen molar-refractivity contribution in [1.29, 1.82) is 0 Å². The number of aryl methyl sites for hydroxylation is 2. The Morgan fingerprint density at radius 2 is 1.72 bits per heavy atom. The molecular formula is C21H30N3O+. The van der Waals surface area contributed by atoms with Crippen LogP contribution in [-0.4, -0.2) is 35.6 Å². The molecule has 1 saturated heterocycles. The van der Waals surface area contributed by atoms with Crippen molar-refractivity contribution in [2.45, 2.75) is 64.8 Å². The molecule has 1 aromatic carbocycles. The van der Waals surface area contributed by atoms with E-state index >= 15 is 0 Å². The number of quaternary nitrogens is 1. The van der Waals surface area contributed by atoms with Crippen molar-refractivity contribution in [3.8, 4) is 0 Å². The largest absolute Gasteiger partial charge is 0.320 e. The van der Waals surface area contributed by atoms with Crippen LogP contribution in [0.3, 0.4) is 0 Å². The number of carbonyl (C=O) groups excluding carboxylic acids is 1. The molecule has 0 bridgehead atoms. The molecule has 1 aliphatic carbocycles. The third-order valence-electron chi connectivity index (χ3n) is 6.47. The van der Waals surface area contributed by atoms with E-state index in [2.05, 4.69) is 17.1 Å². The van der Waals surface area contributed by atoms with Gasteiger partial charge in [-0.25, -0.2) is 4.85 Å². The van der Waals surface area contributed by atoms with Crippen LogP contribution in [0.2, 0.25) is 0 Å². The lowest BCUT2D eigenvalue weighted by molar-refractivity contribution is -0.950. The molecule has 134 valence electrons. The van der Waals surface area contributed by atoms with Crippen molar-refractivity contribution in [3.05, 3.63) is 34.7 Å². The summed E-state index contributed by atoms with van der Waals surface area (Å²) in [5, 5.41) is 3.25. The number of rotatable bonds is 4. The normalized spacial score (nSPS) is 21.0. The van der Waals surface area contributed by atoms with Crippen LogP contribution in [0, 0.1) is 20.4 Å². The average Bonchev–Trinajstić information content (AvgIpc) is 3.42. The fourth-order valence-electron chi connectivity index (χ4n) is 4.81. The van der Waals surface area contributed by atoms with Gasteiger partial charge in [0.1, 0.15) is 0 Å². The molecule has 2 aliphatic rings. The van der Waals surface area contributed by atoms with Gasteiger partial charge in [0.2, 0.25) is 0 Å². The summed E-state index contributed by atoms with van der Waals surface area (Å²) in [6.45, 7) is 16.7. The zero-order chi connectivity index (χ0) is 18.1. The van der Waals surface area contributed by atoms with E-state index in [1.54, 1.807) is 0 Å². The minimum Gasteiger partial charge on any atom is -0.320 e. The van der Waals surface area contributed by atoms with Gasteiger partial charge >= 0.3 is 0 Å². The summed E-state index contributed by atoms with van der Waals surface area (Å²) in [7, 11) is 0. The molecule has 1 saturated carbocycles. The van der Waals surface area contributed by atoms with E-state index in [0.717, 1.165) is 53.8 Å². The van der Waals surface area contributed by atoms with Gasteiger partial charge in [0.05, 0.1) is 26.2 Å². The predicted molar refractivity (Wildman–Crippen MR) is 102 cm³/mol. The number of hydrogen-bond acceptors (Lipinski definition) is 1. The van der Waals surface area contributed by atoms with Gasteiger partial charge < -0.3 is 9.80 Å². The van der Waals surface area contributed by atoms with E-state index in [1.807, 2.05) is 26.0 Å². The number of anilines is 1. The number of likely N-dealkylation sites (tertiary alicyclic amines) is 1. The molecule has 1 aliphatic heterocycles. The molecule has 0 radical (unpaired) electrons. The molecule has 25 heavy (non-hydrogen) atoms. The minimum atomic E-state index is -0.226. The average molecular weight is 340 g/mol. The second-order valence-corrected chi connectivity index (χ2v) is 7.87. The molecule has 4 heteroatoms. The summed E-state index contributed by atoms with van der Waals surface area (Å²) in [5.74, 6) is 0.193. The molecule has 3 rings (SSSR count). The molecule has 0 unspecified atom stereocenters. The number of carbonyl (C=O) groups is 1. The Morgan fingerprint density at radius 3 is 2.16 bits per heavy atom. The van der Waals surface area contributed by atoms with Crippen molar-refractivity contribution in [1.82, 2.24) is 0 Å². The first-order valence-electron chi connectivity index (χ1n) is 9.64. The summed E-state index contributed by atoms with van der Waals surface area (Å²) in [5.41, 5.74) is 3.27. The predicted octanol–water partition coefficient (Wildman–Crippen LogP) is 4.74. The van der Waals surface area contributed by atoms with Crippen LogP contribution >= 0.6 is 0 Å². The van der Waals surface area contributed by atoms with Gasteiger partial charge in [-0.05, 0) is 57.6 Å². The van der Waals surface area contributed by atoms with Crippen LogP contribution in [0.15, 0.2) is 12.1 Å². The molecular weight excluding hydrogens is 310 g/mol. The number of hydrogen-bond donors (Lipinski definition) is 1. The second-order valence-electron chi connectivity index (χ2n) is 7.87. The molecule has 2 fully saturated rings. The summed E-state index contributed by atoms with van der Waals surface area (Å²) in [4.78, 5) is 16.9. The Labute approximate surface area is 151 Å². The quantitative estimate of drug-likeness (QED) is 0.623. The summed E-state index contributed by atoms with van der Waals surface area (Å²) < 4.78 is 0.969. The maximum Gasteiger partial charge on any atom is 0.285 e. The van der Waals surface area contributed by atoms with Crippen LogP contribution < -0.4 is 5.32 Å². The number of benzene rings is 1. The second kappa shape index (κ2) is 6.80. The Kier molecular flexibility index (Phi) is 4.88. The summed E-state index contributed by atoms with van der Waals surface area (Å²) in [6, 6.07) is 3.73. The molecule has 0 spiro atoms. The zero-order valence-electron chi connectivity index (χ0n) is 15.8. The lowest BCUT2D eigenvalue weighted by Crippen LogP contribution is -2.62. The van der Waals surface area contributed by atoms with Crippen molar-refractivity contribution in [2.75, 3.05) is 25.0 Å². The van der Waals surface area contributed by atoms with Crippen molar-refractivity contribution in [3.63, 3.8) is 0 Å². The number of nitrogens with zero attached hydrogens (tertiary/aromatic N) is 2. The third kappa shape index (κ3) is 3.06. The standard InChI is InChI=1S/C21H29N3O/c1-5-24(12-8-6-7-9-13-24)21(10-11-21)20(25)23-19-16(2)14-18(22-4)15-17(19)3/h14-15H,5-13H2,1-3H3/p+1. The van der Waals surface area contributed by atoms with Crippen molar-refractivity contribution in [2.24, 2.45) is 0 Å². The highest BCUT2D eigenvalue weighted by Gasteiger charge is 2.64. The maximum absolute atomic E-state index is 13.3. The van der Waals surface area contributed by atoms with Gasteiger partial charge in [-0.15, -0.1) is 0 Å².